The van der Waals surface area contributed by atoms with Crippen molar-refractivity contribution in [2.75, 3.05) is 0 Å². The number of hydrazine groups is 1. The lowest BCUT2D eigenvalue weighted by atomic mass is 11.1. The Morgan fingerprint density at radius 1 is 1.88 bits per heavy atom. The van der Waals surface area contributed by atoms with Crippen LogP contribution in [0.3, 0.4) is 0 Å². The van der Waals surface area contributed by atoms with Crippen LogP contribution in [-0.2, 0) is 0 Å². The minimum Gasteiger partial charge on any atom is -0.344 e. The Morgan fingerprint density at radius 2 is 2.25 bits per heavy atom. The van der Waals surface area contributed by atoms with Gasteiger partial charge in [0.2, 0.25) is 5.03 Å². The van der Waals surface area contributed by atoms with Gasteiger partial charge < -0.3 is 5.73 Å². The van der Waals surface area contributed by atoms with Crippen molar-refractivity contribution in [2.45, 2.75) is 0 Å². The van der Waals surface area contributed by atoms with Crippen LogP contribution in [0.5, 0.6) is 0 Å². The van der Waals surface area contributed by atoms with Gasteiger partial charge in [0.15, 0.2) is 0 Å². The third-order valence-electron chi connectivity index (χ3n) is 0.325. The summed E-state index contributed by atoms with van der Waals surface area (Å²) in [4.78, 5) is 18.7. The zero-order chi connectivity index (χ0) is 6.73. The molecule has 0 aromatic carbocycles. The van der Waals surface area contributed by atoms with Crippen molar-refractivity contribution < 1.29 is 14.3 Å². The maximum atomic E-state index is 11.3. The van der Waals surface area contributed by atoms with Gasteiger partial charge in [-0.3, -0.25) is 0 Å². The summed E-state index contributed by atoms with van der Waals surface area (Å²) in [6, 6.07) is -1.74. The van der Waals surface area contributed by atoms with Crippen molar-refractivity contribution in [3.63, 3.8) is 0 Å². The largest absolute Gasteiger partial charge is 0.410 e. The van der Waals surface area contributed by atoms with E-state index >= 15 is 0 Å². The smallest absolute Gasteiger partial charge is 0.344 e. The lowest BCUT2D eigenvalue weighted by Crippen LogP contribution is -2.33. The van der Waals surface area contributed by atoms with Crippen LogP contribution in [0.15, 0.2) is 0 Å². The van der Waals surface area contributed by atoms with Crippen LogP contribution in [-0.4, -0.2) is 16.3 Å². The Bertz CT molecular complexity index is 110. The number of carbonyl (C=O) groups excluding carboxylic acids is 1. The van der Waals surface area contributed by atoms with E-state index in [1.165, 1.54) is 0 Å². The van der Waals surface area contributed by atoms with Gasteiger partial charge in [-0.25, -0.2) is 14.9 Å². The molecule has 0 fully saturated rings. The van der Waals surface area contributed by atoms with E-state index in [9.17, 15) is 19.4 Å². The molecule has 0 saturated heterocycles. The van der Waals surface area contributed by atoms with E-state index in [4.69, 9.17) is 0 Å². The summed E-state index contributed by atoms with van der Waals surface area (Å²) in [5.41, 5.74) is 4.11. The summed E-state index contributed by atoms with van der Waals surface area (Å²) in [5.74, 6) is 0. The van der Waals surface area contributed by atoms with Crippen LogP contribution in [0.4, 0.5) is 9.28 Å². The van der Waals surface area contributed by atoms with Crippen molar-refractivity contribution in [1.29, 1.82) is 0 Å². The number of hydrogen-bond donors (Lipinski definition) is 1. The molecule has 0 aromatic rings. The Kier molecular flexibility index (Phi) is 1.69. The number of nitrogens with zero attached hydrogens (tertiary/aromatic N) is 2. The second-order valence-electron chi connectivity index (χ2n) is 0.836. The Labute approximate surface area is 42.7 Å². The number of nitrogens with two attached hydrogens (primary N) is 1. The average Bonchev–Trinajstić information content (AvgIpc) is 1.64. The summed E-state index contributed by atoms with van der Waals surface area (Å²) < 4.78 is 11.3. The molecule has 0 bridgehead atoms. The van der Waals surface area contributed by atoms with Gasteiger partial charge in [-0.15, -0.1) is 0 Å². The fourth-order valence-electron chi connectivity index (χ4n) is 0.0805. The first-order chi connectivity index (χ1) is 3.55. The van der Waals surface area contributed by atoms with Crippen LogP contribution < -0.4 is 5.73 Å². The number of halogens is 1. The van der Waals surface area contributed by atoms with E-state index in [0.29, 0.717) is 0 Å². The van der Waals surface area contributed by atoms with Gasteiger partial charge >= 0.3 is 6.03 Å². The molecule has 0 spiro atoms. The van der Waals surface area contributed by atoms with E-state index in [1.54, 1.807) is 0 Å². The molecular weight excluding hydrogens is 121 g/mol. The summed E-state index contributed by atoms with van der Waals surface area (Å²) in [6.45, 7) is 0. The maximum absolute atomic E-state index is 11.3. The molecule has 0 aromatic heterocycles. The van der Waals surface area contributed by atoms with Crippen molar-refractivity contribution in [2.24, 2.45) is 5.73 Å². The monoisotopic (exact) mass is 123 g/mol. The molecule has 0 atom stereocenters. The summed E-state index contributed by atoms with van der Waals surface area (Å²) in [5, 5.41) is 6.32. The van der Waals surface area contributed by atoms with Crippen LogP contribution in [0, 0.1) is 10.1 Å². The molecule has 0 radical (unpaired) electrons. The zero-order valence-electron chi connectivity index (χ0n) is 3.57. The summed E-state index contributed by atoms with van der Waals surface area (Å²) in [7, 11) is 0. The first kappa shape index (κ1) is 6.60. The highest BCUT2D eigenvalue weighted by atomic mass is 19.2. The number of nitro groups is 1. The molecule has 2 N–H and O–H groups in total. The van der Waals surface area contributed by atoms with Gasteiger partial charge in [0, 0.05) is 0 Å². The van der Waals surface area contributed by atoms with E-state index < -0.39 is 16.3 Å². The second kappa shape index (κ2) is 2.05. The fourth-order valence-corrected chi connectivity index (χ4v) is 0.0805. The average molecular weight is 123 g/mol. The highest BCUT2D eigenvalue weighted by Crippen LogP contribution is 1.84. The van der Waals surface area contributed by atoms with E-state index in [0.717, 1.165) is 0 Å². The number of carbonyl (C=O) groups is 1. The number of primary amides is 1. The number of urea groups is 1. The van der Waals surface area contributed by atoms with Gasteiger partial charge in [0.1, 0.15) is 5.23 Å². The zero-order valence-corrected chi connectivity index (χ0v) is 3.57. The highest BCUT2D eigenvalue weighted by molar-refractivity contribution is 5.69. The van der Waals surface area contributed by atoms with E-state index in [1.807, 2.05) is 0 Å². The molecule has 0 rings (SSSR count). The van der Waals surface area contributed by atoms with Crippen molar-refractivity contribution in [3.8, 4) is 0 Å². The molecule has 46 valence electrons. The highest BCUT2D eigenvalue weighted by Gasteiger charge is 2.19. The molecule has 0 aliphatic carbocycles. The molecule has 8 heavy (non-hydrogen) atoms. The van der Waals surface area contributed by atoms with Gasteiger partial charge in [-0.05, 0) is 4.48 Å². The van der Waals surface area contributed by atoms with Crippen molar-refractivity contribution in [3.05, 3.63) is 10.1 Å². The quantitative estimate of drug-likeness (QED) is 0.288. The number of rotatable bonds is 1. The molecule has 0 saturated carbocycles. The van der Waals surface area contributed by atoms with Crippen molar-refractivity contribution in [1.82, 2.24) is 5.23 Å². The summed E-state index contributed by atoms with van der Waals surface area (Å²) >= 11 is 0. The Hall–Kier alpha value is -1.40. The molecule has 2 amide bonds. The summed E-state index contributed by atoms with van der Waals surface area (Å²) in [6.07, 6.45) is 0. The van der Waals surface area contributed by atoms with Gasteiger partial charge in [-0.1, -0.05) is 0 Å². The van der Waals surface area contributed by atoms with Crippen LogP contribution in [0.1, 0.15) is 0 Å². The first-order valence-corrected chi connectivity index (χ1v) is 1.45. The van der Waals surface area contributed by atoms with Gasteiger partial charge in [0.25, 0.3) is 0 Å². The molecule has 0 aliphatic heterocycles. The molecule has 0 heterocycles. The predicted molar refractivity (Wildman–Crippen MR) is 19.5 cm³/mol. The molecule has 0 unspecified atom stereocenters. The minimum absolute atomic E-state index is 1.31. The SMILES string of the molecule is NC(=O)N(F)[N+](=O)[O-]. The molecular formula is CH2FN3O3. The maximum Gasteiger partial charge on any atom is 0.410 e. The third kappa shape index (κ3) is 1.37. The number of hydrogen-bond acceptors (Lipinski definition) is 3. The molecule has 6 nitrogen and oxygen atoms in total. The lowest BCUT2D eigenvalue weighted by molar-refractivity contribution is -0.679. The fraction of sp³-hybridized carbons (Fsp3) is 0. The van der Waals surface area contributed by atoms with Crippen LogP contribution in [0.25, 0.3) is 0 Å². The van der Waals surface area contributed by atoms with E-state index in [2.05, 4.69) is 5.73 Å². The van der Waals surface area contributed by atoms with Crippen LogP contribution >= 0.6 is 0 Å². The Balaban J connectivity index is 3.83. The number of amides is 2. The normalized spacial score (nSPS) is 8.12. The first-order valence-electron chi connectivity index (χ1n) is 1.45. The standard InChI is InChI=1S/CH2FN3O3/c2-4(1(3)6)5(7)8/h(H2,3,6). The molecule has 0 aliphatic rings. The minimum atomic E-state index is -1.74. The van der Waals surface area contributed by atoms with Gasteiger partial charge in [0.05, 0.1) is 0 Å². The van der Waals surface area contributed by atoms with Crippen LogP contribution in [0.2, 0.25) is 0 Å². The Morgan fingerprint density at radius 3 is 2.25 bits per heavy atom. The van der Waals surface area contributed by atoms with Crippen molar-refractivity contribution >= 4 is 6.03 Å². The molecule has 7 heteroatoms. The predicted octanol–water partition coefficient (Wildman–Crippen LogP) is -0.557. The van der Waals surface area contributed by atoms with E-state index in [-0.39, 0.29) is 0 Å². The lowest BCUT2D eigenvalue weighted by Gasteiger charge is -1.92. The van der Waals surface area contributed by atoms with Gasteiger partial charge in [-0.2, -0.15) is 0 Å². The topological polar surface area (TPSA) is 89.5 Å². The second-order valence-corrected chi connectivity index (χ2v) is 0.836. The third-order valence-corrected chi connectivity index (χ3v) is 0.325.